The van der Waals surface area contributed by atoms with Crippen molar-refractivity contribution in [3.05, 3.63) is 60.9 Å². The minimum atomic E-state index is -0.918. The lowest BCUT2D eigenvalue weighted by molar-refractivity contribution is 0.184. The van der Waals surface area contributed by atoms with Gasteiger partial charge in [0.2, 0.25) is 0 Å². The van der Waals surface area contributed by atoms with Crippen molar-refractivity contribution < 1.29 is 13.9 Å². The van der Waals surface area contributed by atoms with Crippen LogP contribution in [0.3, 0.4) is 0 Å². The summed E-state index contributed by atoms with van der Waals surface area (Å²) in [5.74, 6) is 2.22. The second-order valence-corrected chi connectivity index (χ2v) is 8.66. The van der Waals surface area contributed by atoms with Gasteiger partial charge in [-0.3, -0.25) is 0 Å². The molecule has 3 rings (SSSR count). The minimum absolute atomic E-state index is 0.101. The van der Waals surface area contributed by atoms with E-state index in [0.29, 0.717) is 18.0 Å². The Kier molecular flexibility index (Phi) is 10.8. The molecular formula is C29H37FN2O2. The van der Waals surface area contributed by atoms with Crippen LogP contribution in [-0.4, -0.2) is 29.4 Å². The molecule has 0 radical (unpaired) electrons. The molecule has 182 valence electrons. The number of halogens is 1. The summed E-state index contributed by atoms with van der Waals surface area (Å²) in [5.41, 5.74) is 2.86. The van der Waals surface area contributed by atoms with Gasteiger partial charge in [0.15, 0.2) is 5.82 Å². The standard InChI is InChI=1S/C29H37FN2O2/c1-3-5-7-9-19-33-27-17-13-24(14-18-27)29-31-20-25(21-32-29)23-11-15-28(16-12-23)34-22-26(30)10-8-6-4-2/h11-18,20-21,26H,3-10,19,22H2,1-2H3. The van der Waals surface area contributed by atoms with Crippen molar-refractivity contribution in [1.29, 1.82) is 0 Å². The lowest BCUT2D eigenvalue weighted by Crippen LogP contribution is -2.12. The number of rotatable bonds is 15. The zero-order valence-electron chi connectivity index (χ0n) is 20.5. The van der Waals surface area contributed by atoms with Gasteiger partial charge in [-0.05, 0) is 54.8 Å². The highest BCUT2D eigenvalue weighted by molar-refractivity contribution is 5.64. The van der Waals surface area contributed by atoms with E-state index in [9.17, 15) is 4.39 Å². The molecule has 0 aliphatic heterocycles. The predicted molar refractivity (Wildman–Crippen MR) is 137 cm³/mol. The van der Waals surface area contributed by atoms with Crippen LogP contribution in [0.4, 0.5) is 4.39 Å². The van der Waals surface area contributed by atoms with Crippen LogP contribution in [0.5, 0.6) is 11.5 Å². The first-order chi connectivity index (χ1) is 16.7. The van der Waals surface area contributed by atoms with E-state index in [1.54, 1.807) is 0 Å². The van der Waals surface area contributed by atoms with E-state index < -0.39 is 6.17 Å². The predicted octanol–water partition coefficient (Wildman–Crippen LogP) is 8.07. The van der Waals surface area contributed by atoms with E-state index in [4.69, 9.17) is 9.47 Å². The van der Waals surface area contributed by atoms with Gasteiger partial charge >= 0.3 is 0 Å². The SMILES string of the molecule is CCCCCCOc1ccc(-c2ncc(-c3ccc(OCC(F)CCCCC)cc3)cn2)cc1. The molecule has 3 aromatic rings. The number of aromatic nitrogens is 2. The van der Waals surface area contributed by atoms with Gasteiger partial charge in [0.25, 0.3) is 0 Å². The van der Waals surface area contributed by atoms with E-state index in [1.807, 2.05) is 60.9 Å². The van der Waals surface area contributed by atoms with Crippen LogP contribution >= 0.6 is 0 Å². The van der Waals surface area contributed by atoms with E-state index in [1.165, 1.54) is 19.3 Å². The van der Waals surface area contributed by atoms with Gasteiger partial charge in [0, 0.05) is 23.5 Å². The largest absolute Gasteiger partial charge is 0.494 e. The first-order valence-electron chi connectivity index (χ1n) is 12.6. The highest BCUT2D eigenvalue weighted by Crippen LogP contribution is 2.24. The van der Waals surface area contributed by atoms with Crippen LogP contribution in [-0.2, 0) is 0 Å². The maximum absolute atomic E-state index is 13.9. The molecular weight excluding hydrogens is 427 g/mol. The lowest BCUT2D eigenvalue weighted by Gasteiger charge is -2.11. The molecule has 0 amide bonds. The van der Waals surface area contributed by atoms with Crippen molar-refractivity contribution >= 4 is 0 Å². The Morgan fingerprint density at radius 3 is 1.91 bits per heavy atom. The van der Waals surface area contributed by atoms with Gasteiger partial charge in [0.05, 0.1) is 6.61 Å². The van der Waals surface area contributed by atoms with Gasteiger partial charge in [0.1, 0.15) is 24.3 Å². The van der Waals surface area contributed by atoms with Gasteiger partial charge in [-0.15, -0.1) is 0 Å². The fourth-order valence-electron chi connectivity index (χ4n) is 3.67. The van der Waals surface area contributed by atoms with Crippen LogP contribution < -0.4 is 9.47 Å². The van der Waals surface area contributed by atoms with Crippen molar-refractivity contribution in [1.82, 2.24) is 9.97 Å². The Balaban J connectivity index is 1.50. The second-order valence-electron chi connectivity index (χ2n) is 8.66. The zero-order chi connectivity index (χ0) is 24.0. The van der Waals surface area contributed by atoms with E-state index in [0.717, 1.165) is 54.7 Å². The summed E-state index contributed by atoms with van der Waals surface area (Å²) in [7, 11) is 0. The summed E-state index contributed by atoms with van der Waals surface area (Å²) in [6.45, 7) is 5.18. The van der Waals surface area contributed by atoms with Crippen LogP contribution in [0.1, 0.15) is 65.2 Å². The van der Waals surface area contributed by atoms with Crippen molar-refractivity contribution in [3.8, 4) is 34.0 Å². The summed E-state index contributed by atoms with van der Waals surface area (Å²) in [6.07, 6.45) is 11.1. The number of ether oxygens (including phenoxy) is 2. The number of benzene rings is 2. The summed E-state index contributed by atoms with van der Waals surface area (Å²) < 4.78 is 25.3. The Hall–Kier alpha value is -2.95. The van der Waals surface area contributed by atoms with E-state index in [2.05, 4.69) is 23.8 Å². The van der Waals surface area contributed by atoms with Crippen molar-refractivity contribution in [3.63, 3.8) is 0 Å². The Labute approximate surface area is 203 Å². The molecule has 1 aromatic heterocycles. The molecule has 4 nitrogen and oxygen atoms in total. The monoisotopic (exact) mass is 464 g/mol. The molecule has 5 heteroatoms. The fourth-order valence-corrected chi connectivity index (χ4v) is 3.67. The molecule has 0 bridgehead atoms. The first kappa shape index (κ1) is 25.7. The van der Waals surface area contributed by atoms with Crippen LogP contribution in [0.2, 0.25) is 0 Å². The molecule has 2 aromatic carbocycles. The highest BCUT2D eigenvalue weighted by Gasteiger charge is 2.08. The smallest absolute Gasteiger partial charge is 0.159 e. The molecule has 0 saturated heterocycles. The minimum Gasteiger partial charge on any atom is -0.494 e. The third-order valence-corrected chi connectivity index (χ3v) is 5.77. The van der Waals surface area contributed by atoms with Gasteiger partial charge in [-0.25, -0.2) is 14.4 Å². The van der Waals surface area contributed by atoms with Crippen LogP contribution in [0.25, 0.3) is 22.5 Å². The molecule has 0 fully saturated rings. The quantitative estimate of drug-likeness (QED) is 0.213. The summed E-state index contributed by atoms with van der Waals surface area (Å²) >= 11 is 0. The Morgan fingerprint density at radius 1 is 0.676 bits per heavy atom. The van der Waals surface area contributed by atoms with Gasteiger partial charge < -0.3 is 9.47 Å². The van der Waals surface area contributed by atoms with Crippen molar-refractivity contribution in [2.75, 3.05) is 13.2 Å². The molecule has 0 spiro atoms. The third kappa shape index (κ3) is 8.44. The summed E-state index contributed by atoms with van der Waals surface area (Å²) in [4.78, 5) is 9.07. The molecule has 0 saturated carbocycles. The number of hydrogen-bond acceptors (Lipinski definition) is 4. The normalized spacial score (nSPS) is 11.9. The zero-order valence-corrected chi connectivity index (χ0v) is 20.5. The van der Waals surface area contributed by atoms with Crippen molar-refractivity contribution in [2.45, 2.75) is 71.4 Å². The molecule has 1 heterocycles. The van der Waals surface area contributed by atoms with E-state index >= 15 is 0 Å². The van der Waals surface area contributed by atoms with E-state index in [-0.39, 0.29) is 6.61 Å². The molecule has 1 unspecified atom stereocenters. The van der Waals surface area contributed by atoms with Crippen molar-refractivity contribution in [2.24, 2.45) is 0 Å². The molecule has 0 aliphatic carbocycles. The molecule has 0 aliphatic rings. The average molecular weight is 465 g/mol. The first-order valence-corrected chi connectivity index (χ1v) is 12.6. The van der Waals surface area contributed by atoms with Gasteiger partial charge in [-0.2, -0.15) is 0 Å². The number of nitrogens with zero attached hydrogens (tertiary/aromatic N) is 2. The topological polar surface area (TPSA) is 44.2 Å². The summed E-state index contributed by atoms with van der Waals surface area (Å²) in [6, 6.07) is 15.5. The maximum Gasteiger partial charge on any atom is 0.159 e. The molecule has 1 atom stereocenters. The second kappa shape index (κ2) is 14.3. The molecule has 34 heavy (non-hydrogen) atoms. The lowest BCUT2D eigenvalue weighted by atomic mass is 10.1. The number of alkyl halides is 1. The number of hydrogen-bond donors (Lipinski definition) is 0. The van der Waals surface area contributed by atoms with Crippen LogP contribution in [0, 0.1) is 0 Å². The third-order valence-electron chi connectivity index (χ3n) is 5.77. The Morgan fingerprint density at radius 2 is 1.26 bits per heavy atom. The van der Waals surface area contributed by atoms with Crippen LogP contribution in [0.15, 0.2) is 60.9 Å². The van der Waals surface area contributed by atoms with Gasteiger partial charge in [-0.1, -0.05) is 64.5 Å². The molecule has 0 N–H and O–H groups in total. The Bertz CT molecular complexity index is 943. The average Bonchev–Trinajstić information content (AvgIpc) is 2.88. The summed E-state index contributed by atoms with van der Waals surface area (Å²) in [5, 5.41) is 0. The number of unbranched alkanes of at least 4 members (excludes halogenated alkanes) is 5. The maximum atomic E-state index is 13.9. The highest BCUT2D eigenvalue weighted by atomic mass is 19.1. The fraction of sp³-hybridized carbons (Fsp3) is 0.448.